The molecule has 2 heterocycles. The van der Waals surface area contributed by atoms with Crippen molar-refractivity contribution >= 4 is 0 Å². The first kappa shape index (κ1) is 11.5. The molecule has 2 N–H and O–H groups in total. The summed E-state index contributed by atoms with van der Waals surface area (Å²) in [6.07, 6.45) is 12.4. The Kier molecular flexibility index (Phi) is 3.49. The first-order valence-corrected chi connectivity index (χ1v) is 6.20. The molecular formula is C14H22N2. The highest BCUT2D eigenvalue weighted by molar-refractivity contribution is 5.24. The molecule has 0 aromatic heterocycles. The minimum Gasteiger partial charge on any atom is -0.379 e. The first-order chi connectivity index (χ1) is 7.67. The fraction of sp³-hybridized carbons (Fsp3) is 0.571. The second-order valence-corrected chi connectivity index (χ2v) is 5.17. The topological polar surface area (TPSA) is 24.1 Å². The van der Waals surface area contributed by atoms with Gasteiger partial charge in [-0.15, -0.1) is 0 Å². The predicted octanol–water partition coefficient (Wildman–Crippen LogP) is 2.51. The quantitative estimate of drug-likeness (QED) is 0.610. The molecule has 2 nitrogen and oxygen atoms in total. The van der Waals surface area contributed by atoms with Gasteiger partial charge < -0.3 is 10.6 Å². The lowest BCUT2D eigenvalue weighted by Crippen LogP contribution is -2.42. The van der Waals surface area contributed by atoms with Crippen LogP contribution in [0, 0.1) is 0 Å². The Balaban J connectivity index is 2.25. The van der Waals surface area contributed by atoms with Gasteiger partial charge >= 0.3 is 0 Å². The molecule has 0 saturated carbocycles. The molecule has 0 amide bonds. The minimum atomic E-state index is 0.0603. The highest BCUT2D eigenvalue weighted by Gasteiger charge is 2.19. The van der Waals surface area contributed by atoms with Gasteiger partial charge in [0.15, 0.2) is 0 Å². The number of rotatable bonds is 0. The highest BCUT2D eigenvalue weighted by atomic mass is 15.0. The van der Waals surface area contributed by atoms with Crippen LogP contribution in [-0.2, 0) is 0 Å². The van der Waals surface area contributed by atoms with E-state index in [0.717, 1.165) is 25.9 Å². The van der Waals surface area contributed by atoms with Crippen LogP contribution >= 0.6 is 0 Å². The van der Waals surface area contributed by atoms with Crippen molar-refractivity contribution in [2.45, 2.75) is 38.6 Å². The van der Waals surface area contributed by atoms with Crippen molar-refractivity contribution in [2.75, 3.05) is 13.1 Å². The van der Waals surface area contributed by atoms with E-state index in [4.69, 9.17) is 0 Å². The summed E-state index contributed by atoms with van der Waals surface area (Å²) in [5, 5.41) is 7.10. The van der Waals surface area contributed by atoms with Crippen LogP contribution in [0.15, 0.2) is 35.6 Å². The fourth-order valence-electron chi connectivity index (χ4n) is 2.28. The van der Waals surface area contributed by atoms with Gasteiger partial charge in [-0.3, -0.25) is 0 Å². The zero-order valence-corrected chi connectivity index (χ0v) is 10.3. The van der Waals surface area contributed by atoms with Gasteiger partial charge in [-0.2, -0.15) is 0 Å². The molecule has 88 valence electrons. The molecule has 2 heteroatoms. The van der Waals surface area contributed by atoms with E-state index in [1.54, 1.807) is 5.57 Å². The van der Waals surface area contributed by atoms with Gasteiger partial charge in [0, 0.05) is 17.8 Å². The monoisotopic (exact) mass is 218 g/mol. The highest BCUT2D eigenvalue weighted by Crippen LogP contribution is 2.19. The van der Waals surface area contributed by atoms with Crippen LogP contribution in [0.1, 0.15) is 33.1 Å². The Hall–Kier alpha value is -1.02. The van der Waals surface area contributed by atoms with Crippen LogP contribution in [0.3, 0.4) is 0 Å². The molecule has 2 aliphatic heterocycles. The summed E-state index contributed by atoms with van der Waals surface area (Å²) in [5.74, 6) is 0. The molecule has 0 radical (unpaired) electrons. The Bertz CT molecular complexity index is 335. The van der Waals surface area contributed by atoms with E-state index in [0.29, 0.717) is 0 Å². The van der Waals surface area contributed by atoms with E-state index >= 15 is 0 Å². The van der Waals surface area contributed by atoms with Gasteiger partial charge in [0.25, 0.3) is 0 Å². The van der Waals surface area contributed by atoms with Gasteiger partial charge in [0.1, 0.15) is 0 Å². The van der Waals surface area contributed by atoms with E-state index in [1.165, 1.54) is 12.1 Å². The number of nitrogens with one attached hydrogen (secondary N) is 2. The van der Waals surface area contributed by atoms with E-state index in [-0.39, 0.29) is 5.54 Å². The maximum atomic E-state index is 3.66. The maximum Gasteiger partial charge on any atom is 0.0497 e. The Morgan fingerprint density at radius 2 is 2.06 bits per heavy atom. The lowest BCUT2D eigenvalue weighted by Gasteiger charge is -2.31. The summed E-state index contributed by atoms with van der Waals surface area (Å²) in [4.78, 5) is 0. The second-order valence-electron chi connectivity index (χ2n) is 5.17. The largest absolute Gasteiger partial charge is 0.379 e. The zero-order valence-electron chi connectivity index (χ0n) is 10.3. The Morgan fingerprint density at radius 1 is 1.19 bits per heavy atom. The van der Waals surface area contributed by atoms with Gasteiger partial charge in [0.05, 0.1) is 0 Å². The van der Waals surface area contributed by atoms with Crippen LogP contribution in [0.25, 0.3) is 0 Å². The van der Waals surface area contributed by atoms with E-state index in [1.807, 2.05) is 0 Å². The predicted molar refractivity (Wildman–Crippen MR) is 69.2 cm³/mol. The summed E-state index contributed by atoms with van der Waals surface area (Å²) >= 11 is 0. The molecule has 0 aromatic rings. The standard InChI is InChI=1S/C14H22N2/c1-14(2)9-6-4-3-5-7-12-8-10-15-11-13(12)16-14/h3,5-6,9,15-16H,4,7-8,10-11H2,1-2H3/b5-3-,9-6-. The normalized spacial score (nSPS) is 28.9. The summed E-state index contributed by atoms with van der Waals surface area (Å²) in [6, 6.07) is 0. The van der Waals surface area contributed by atoms with Crippen LogP contribution < -0.4 is 10.6 Å². The molecule has 0 bridgehead atoms. The Labute approximate surface area is 98.5 Å². The third-order valence-corrected chi connectivity index (χ3v) is 3.14. The average molecular weight is 218 g/mol. The van der Waals surface area contributed by atoms with Crippen molar-refractivity contribution in [1.82, 2.24) is 10.6 Å². The molecule has 0 aromatic carbocycles. The lowest BCUT2D eigenvalue weighted by atomic mass is 9.97. The molecule has 0 fully saturated rings. The maximum absolute atomic E-state index is 3.66. The average Bonchev–Trinajstić information content (AvgIpc) is 2.24. The molecular weight excluding hydrogens is 196 g/mol. The van der Waals surface area contributed by atoms with Crippen molar-refractivity contribution in [2.24, 2.45) is 0 Å². The van der Waals surface area contributed by atoms with Crippen LogP contribution in [-0.4, -0.2) is 18.6 Å². The fourth-order valence-corrected chi connectivity index (χ4v) is 2.28. The smallest absolute Gasteiger partial charge is 0.0497 e. The molecule has 0 spiro atoms. The zero-order chi connectivity index (χ0) is 11.4. The Morgan fingerprint density at radius 3 is 2.94 bits per heavy atom. The molecule has 16 heavy (non-hydrogen) atoms. The molecule has 0 aliphatic carbocycles. The van der Waals surface area contributed by atoms with E-state index in [9.17, 15) is 0 Å². The van der Waals surface area contributed by atoms with E-state index in [2.05, 4.69) is 48.8 Å². The van der Waals surface area contributed by atoms with Gasteiger partial charge in [-0.05, 0) is 45.2 Å². The van der Waals surface area contributed by atoms with Crippen molar-refractivity contribution in [3.8, 4) is 0 Å². The lowest BCUT2D eigenvalue weighted by molar-refractivity contribution is 0.494. The SMILES string of the molecule is CC1(C)/C=C\C/C=C\CC2=C(CNCC2)N1. The summed E-state index contributed by atoms with van der Waals surface area (Å²) in [6.45, 7) is 6.56. The number of allylic oxidation sites excluding steroid dienone is 3. The van der Waals surface area contributed by atoms with E-state index < -0.39 is 0 Å². The molecule has 2 rings (SSSR count). The van der Waals surface area contributed by atoms with Crippen LogP contribution in [0.5, 0.6) is 0 Å². The third kappa shape index (κ3) is 2.99. The number of hydrogen-bond acceptors (Lipinski definition) is 2. The van der Waals surface area contributed by atoms with Gasteiger partial charge in [0.2, 0.25) is 0 Å². The first-order valence-electron chi connectivity index (χ1n) is 6.20. The summed E-state index contributed by atoms with van der Waals surface area (Å²) in [7, 11) is 0. The van der Waals surface area contributed by atoms with Crippen molar-refractivity contribution in [3.63, 3.8) is 0 Å². The summed E-state index contributed by atoms with van der Waals surface area (Å²) in [5.41, 5.74) is 3.02. The minimum absolute atomic E-state index is 0.0603. The number of hydrogen-bond donors (Lipinski definition) is 2. The molecule has 0 unspecified atom stereocenters. The molecule has 0 atom stereocenters. The van der Waals surface area contributed by atoms with Gasteiger partial charge in [-0.1, -0.05) is 24.3 Å². The molecule has 0 saturated heterocycles. The van der Waals surface area contributed by atoms with Crippen LogP contribution in [0.4, 0.5) is 0 Å². The van der Waals surface area contributed by atoms with Crippen LogP contribution in [0.2, 0.25) is 0 Å². The second kappa shape index (κ2) is 4.88. The third-order valence-electron chi connectivity index (χ3n) is 3.14. The van der Waals surface area contributed by atoms with Crippen molar-refractivity contribution in [1.29, 1.82) is 0 Å². The van der Waals surface area contributed by atoms with Crippen molar-refractivity contribution < 1.29 is 0 Å². The molecule has 2 aliphatic rings. The van der Waals surface area contributed by atoms with Gasteiger partial charge in [-0.25, -0.2) is 0 Å². The summed E-state index contributed by atoms with van der Waals surface area (Å²) < 4.78 is 0. The van der Waals surface area contributed by atoms with Crippen molar-refractivity contribution in [3.05, 3.63) is 35.6 Å².